The Kier molecular flexibility index (Phi) is 3.89. The molecule has 0 bridgehead atoms. The average Bonchev–Trinajstić information content (AvgIpc) is 3.05. The number of carboxylic acid groups (broad SMARTS) is 1. The topological polar surface area (TPSA) is 80.9 Å². The number of rotatable bonds is 4. The van der Waals surface area contributed by atoms with Crippen molar-refractivity contribution in [2.45, 2.75) is 20.3 Å². The molecule has 0 atom stereocenters. The lowest BCUT2D eigenvalue weighted by Gasteiger charge is -2.07. The number of hydrogen-bond donors (Lipinski definition) is 1. The van der Waals surface area contributed by atoms with Gasteiger partial charge in [-0.1, -0.05) is 36.8 Å². The molecule has 6 heteroatoms. The minimum Gasteiger partial charge on any atom is -0.476 e. The van der Waals surface area contributed by atoms with Crippen LogP contribution in [0.3, 0.4) is 0 Å². The van der Waals surface area contributed by atoms with Crippen LogP contribution in [0.1, 0.15) is 28.7 Å². The van der Waals surface area contributed by atoms with Gasteiger partial charge in [0.25, 0.3) is 0 Å². The van der Waals surface area contributed by atoms with Gasteiger partial charge in [-0.3, -0.25) is 0 Å². The first kappa shape index (κ1) is 14.9. The van der Waals surface area contributed by atoms with Gasteiger partial charge in [0.15, 0.2) is 17.3 Å². The fourth-order valence-electron chi connectivity index (χ4n) is 2.18. The quantitative estimate of drug-likeness (QED) is 0.801. The predicted octanol–water partition coefficient (Wildman–Crippen LogP) is 2.90. The maximum absolute atomic E-state index is 11.0. The Balaban J connectivity index is 2.08. The number of hydrogen-bond acceptors (Lipinski definition) is 4. The highest BCUT2D eigenvalue weighted by Crippen LogP contribution is 2.18. The first-order valence-electron chi connectivity index (χ1n) is 7.31. The Morgan fingerprint density at radius 3 is 2.52 bits per heavy atom. The third kappa shape index (κ3) is 3.11. The minimum absolute atomic E-state index is 0.0152. The van der Waals surface area contributed by atoms with Crippen molar-refractivity contribution >= 4 is 5.97 Å². The van der Waals surface area contributed by atoms with Crippen molar-refractivity contribution < 1.29 is 9.90 Å². The molecule has 0 aliphatic carbocycles. The zero-order chi connectivity index (χ0) is 16.4. The van der Waals surface area contributed by atoms with E-state index in [-0.39, 0.29) is 5.69 Å². The predicted molar refractivity (Wildman–Crippen MR) is 85.7 cm³/mol. The lowest BCUT2D eigenvalue weighted by molar-refractivity contribution is 0.0690. The van der Waals surface area contributed by atoms with Gasteiger partial charge in [0, 0.05) is 23.5 Å². The zero-order valence-electron chi connectivity index (χ0n) is 12.9. The summed E-state index contributed by atoms with van der Waals surface area (Å²) in [5.41, 5.74) is 2.94. The molecule has 6 nitrogen and oxygen atoms in total. The van der Waals surface area contributed by atoms with E-state index >= 15 is 0 Å². The van der Waals surface area contributed by atoms with Gasteiger partial charge in [-0.05, 0) is 19.4 Å². The standard InChI is InChI=1S/C17H16N4O2/c1-3-13-10-15(21-9-8-14(20-21)17(22)23)19-16(18-13)12-6-4-11(2)5-7-12/h4-10H,3H2,1-2H3,(H,22,23). The van der Waals surface area contributed by atoms with Gasteiger partial charge in [-0.25, -0.2) is 19.4 Å². The molecule has 0 fully saturated rings. The number of benzene rings is 1. The lowest BCUT2D eigenvalue weighted by Crippen LogP contribution is -2.06. The fourth-order valence-corrected chi connectivity index (χ4v) is 2.18. The number of carbonyl (C=O) groups is 1. The molecule has 0 aliphatic heterocycles. The minimum atomic E-state index is -1.06. The third-order valence-corrected chi connectivity index (χ3v) is 3.48. The number of carboxylic acids is 1. The Labute approximate surface area is 133 Å². The Bertz CT molecular complexity index is 853. The van der Waals surface area contributed by atoms with Crippen LogP contribution in [0.5, 0.6) is 0 Å². The summed E-state index contributed by atoms with van der Waals surface area (Å²) in [4.78, 5) is 20.1. The summed E-state index contributed by atoms with van der Waals surface area (Å²) >= 11 is 0. The monoisotopic (exact) mass is 308 g/mol. The summed E-state index contributed by atoms with van der Waals surface area (Å²) in [5, 5.41) is 13.0. The van der Waals surface area contributed by atoms with Crippen LogP contribution in [0.4, 0.5) is 0 Å². The molecule has 3 rings (SSSR count). The van der Waals surface area contributed by atoms with Crippen molar-refractivity contribution in [2.75, 3.05) is 0 Å². The van der Waals surface area contributed by atoms with E-state index in [1.54, 1.807) is 6.20 Å². The SMILES string of the molecule is CCc1cc(-n2ccc(C(=O)O)n2)nc(-c2ccc(C)cc2)n1. The van der Waals surface area contributed by atoms with E-state index in [2.05, 4.69) is 15.1 Å². The van der Waals surface area contributed by atoms with Crippen LogP contribution in [0.15, 0.2) is 42.6 Å². The molecule has 0 saturated carbocycles. The van der Waals surface area contributed by atoms with Gasteiger partial charge in [0.2, 0.25) is 0 Å². The molecule has 0 unspecified atom stereocenters. The van der Waals surface area contributed by atoms with Crippen molar-refractivity contribution in [1.29, 1.82) is 0 Å². The molecule has 0 aliphatic rings. The average molecular weight is 308 g/mol. The van der Waals surface area contributed by atoms with Crippen LogP contribution in [0.2, 0.25) is 0 Å². The second kappa shape index (κ2) is 6.00. The summed E-state index contributed by atoms with van der Waals surface area (Å²) in [6.07, 6.45) is 2.34. The van der Waals surface area contributed by atoms with E-state index in [0.29, 0.717) is 11.6 Å². The normalized spacial score (nSPS) is 10.7. The van der Waals surface area contributed by atoms with E-state index in [1.807, 2.05) is 44.2 Å². The first-order chi connectivity index (χ1) is 11.1. The summed E-state index contributed by atoms with van der Waals surface area (Å²) in [7, 11) is 0. The first-order valence-corrected chi connectivity index (χ1v) is 7.31. The molecule has 0 saturated heterocycles. The largest absolute Gasteiger partial charge is 0.476 e. The maximum Gasteiger partial charge on any atom is 0.356 e. The van der Waals surface area contributed by atoms with Gasteiger partial charge in [-0.15, -0.1) is 0 Å². The van der Waals surface area contributed by atoms with Crippen LogP contribution >= 0.6 is 0 Å². The molecule has 3 aromatic rings. The Morgan fingerprint density at radius 1 is 1.17 bits per heavy atom. The highest BCUT2D eigenvalue weighted by molar-refractivity contribution is 5.85. The molecule has 1 N–H and O–H groups in total. The molecule has 23 heavy (non-hydrogen) atoms. The van der Waals surface area contributed by atoms with Gasteiger partial charge < -0.3 is 5.11 Å². The van der Waals surface area contributed by atoms with Crippen LogP contribution in [-0.2, 0) is 6.42 Å². The van der Waals surface area contributed by atoms with Gasteiger partial charge >= 0.3 is 5.97 Å². The number of aryl methyl sites for hydroxylation is 2. The molecule has 1 aromatic carbocycles. The molecule has 0 spiro atoms. The van der Waals surface area contributed by atoms with Gasteiger partial charge in [0.1, 0.15) is 0 Å². The maximum atomic E-state index is 11.0. The lowest BCUT2D eigenvalue weighted by atomic mass is 10.1. The molecule has 0 radical (unpaired) electrons. The Hall–Kier alpha value is -3.02. The van der Waals surface area contributed by atoms with Crippen LogP contribution < -0.4 is 0 Å². The van der Waals surface area contributed by atoms with Gasteiger partial charge in [-0.2, -0.15) is 5.10 Å². The smallest absolute Gasteiger partial charge is 0.356 e. The second-order valence-electron chi connectivity index (χ2n) is 5.21. The fraction of sp³-hybridized carbons (Fsp3) is 0.176. The Morgan fingerprint density at radius 2 is 1.91 bits per heavy atom. The molecular formula is C17H16N4O2. The highest BCUT2D eigenvalue weighted by atomic mass is 16.4. The van der Waals surface area contributed by atoms with E-state index in [9.17, 15) is 4.79 Å². The summed E-state index contributed by atoms with van der Waals surface area (Å²) in [6, 6.07) is 11.2. The second-order valence-corrected chi connectivity index (χ2v) is 5.21. The van der Waals surface area contributed by atoms with Crippen molar-refractivity contribution in [1.82, 2.24) is 19.7 Å². The van der Waals surface area contributed by atoms with Crippen LogP contribution in [0.25, 0.3) is 17.2 Å². The summed E-state index contributed by atoms with van der Waals surface area (Å²) in [5.74, 6) is 0.0962. The van der Waals surface area contributed by atoms with Gasteiger partial charge in [0.05, 0.1) is 0 Å². The van der Waals surface area contributed by atoms with Crippen LogP contribution in [0, 0.1) is 6.92 Å². The van der Waals surface area contributed by atoms with E-state index in [1.165, 1.54) is 16.3 Å². The van der Waals surface area contributed by atoms with E-state index in [0.717, 1.165) is 17.7 Å². The molecule has 116 valence electrons. The van der Waals surface area contributed by atoms with Crippen molar-refractivity contribution in [3.05, 3.63) is 59.5 Å². The number of aromatic nitrogens is 4. The summed E-state index contributed by atoms with van der Waals surface area (Å²) in [6.45, 7) is 4.03. The number of aromatic carboxylic acids is 1. The third-order valence-electron chi connectivity index (χ3n) is 3.48. The van der Waals surface area contributed by atoms with E-state index in [4.69, 9.17) is 5.11 Å². The molecule has 2 aromatic heterocycles. The summed E-state index contributed by atoms with van der Waals surface area (Å²) < 4.78 is 1.46. The van der Waals surface area contributed by atoms with Crippen molar-refractivity contribution in [3.63, 3.8) is 0 Å². The van der Waals surface area contributed by atoms with Crippen molar-refractivity contribution in [3.8, 4) is 17.2 Å². The zero-order valence-corrected chi connectivity index (χ0v) is 12.9. The highest BCUT2D eigenvalue weighted by Gasteiger charge is 2.11. The molecular weight excluding hydrogens is 292 g/mol. The van der Waals surface area contributed by atoms with Crippen molar-refractivity contribution in [2.24, 2.45) is 0 Å². The molecule has 2 heterocycles. The van der Waals surface area contributed by atoms with E-state index < -0.39 is 5.97 Å². The molecule has 0 amide bonds. The van der Waals surface area contributed by atoms with Crippen LogP contribution in [-0.4, -0.2) is 30.8 Å². The number of nitrogens with zero attached hydrogens (tertiary/aromatic N) is 4.